The summed E-state index contributed by atoms with van der Waals surface area (Å²) in [5.41, 5.74) is 1.95. The molecule has 1 aromatic carbocycles. The number of benzene rings is 1. The zero-order valence-corrected chi connectivity index (χ0v) is 20.9. The molecule has 0 spiro atoms. The zero-order chi connectivity index (χ0) is 24.7. The topological polar surface area (TPSA) is 91.4 Å². The van der Waals surface area contributed by atoms with Gasteiger partial charge in [0.2, 0.25) is 17.7 Å². The SMILES string of the molecule is CNC(=O)[C@H](Cc1cccnc1)NC(=O)[C@@H]1[C@@H](Cc2ccccc2)CCN1C(=O)[C@@H](S)C(C)C. The van der Waals surface area contributed by atoms with Crippen molar-refractivity contribution in [1.29, 1.82) is 0 Å². The van der Waals surface area contributed by atoms with E-state index in [1.807, 2.05) is 50.2 Å². The predicted octanol–water partition coefficient (Wildman–Crippen LogP) is 2.27. The van der Waals surface area contributed by atoms with Crippen LogP contribution in [-0.2, 0) is 27.2 Å². The molecule has 0 bridgehead atoms. The van der Waals surface area contributed by atoms with Gasteiger partial charge in [0.15, 0.2) is 0 Å². The van der Waals surface area contributed by atoms with Crippen LogP contribution in [0.15, 0.2) is 54.9 Å². The van der Waals surface area contributed by atoms with Crippen LogP contribution in [0.25, 0.3) is 0 Å². The lowest BCUT2D eigenvalue weighted by atomic mass is 9.91. The van der Waals surface area contributed by atoms with Crippen LogP contribution in [0, 0.1) is 11.8 Å². The lowest BCUT2D eigenvalue weighted by Crippen LogP contribution is -2.56. The van der Waals surface area contributed by atoms with Crippen molar-refractivity contribution < 1.29 is 14.4 Å². The molecule has 7 nitrogen and oxygen atoms in total. The minimum atomic E-state index is -0.770. The summed E-state index contributed by atoms with van der Waals surface area (Å²) in [4.78, 5) is 45.3. The van der Waals surface area contributed by atoms with Crippen molar-refractivity contribution in [2.75, 3.05) is 13.6 Å². The van der Waals surface area contributed by atoms with Gasteiger partial charge in [0.1, 0.15) is 12.1 Å². The summed E-state index contributed by atoms with van der Waals surface area (Å²) in [6, 6.07) is 12.2. The molecule has 4 atom stereocenters. The van der Waals surface area contributed by atoms with Gasteiger partial charge in [-0.2, -0.15) is 12.6 Å². The molecule has 1 fully saturated rings. The lowest BCUT2D eigenvalue weighted by Gasteiger charge is -2.31. The van der Waals surface area contributed by atoms with Crippen LogP contribution >= 0.6 is 12.6 Å². The molecular weight excluding hydrogens is 448 g/mol. The summed E-state index contributed by atoms with van der Waals surface area (Å²) in [7, 11) is 1.54. The molecule has 3 rings (SSSR count). The van der Waals surface area contributed by atoms with Gasteiger partial charge in [-0.1, -0.05) is 50.2 Å². The van der Waals surface area contributed by atoms with Crippen LogP contribution in [0.4, 0.5) is 0 Å². The molecule has 1 saturated heterocycles. The van der Waals surface area contributed by atoms with Crippen LogP contribution in [0.1, 0.15) is 31.4 Å². The second-order valence-electron chi connectivity index (χ2n) is 9.14. The Bertz CT molecular complexity index is 971. The number of thiol groups is 1. The van der Waals surface area contributed by atoms with Crippen LogP contribution < -0.4 is 10.6 Å². The molecule has 0 saturated carbocycles. The zero-order valence-electron chi connectivity index (χ0n) is 20.0. The monoisotopic (exact) mass is 482 g/mol. The molecule has 3 amide bonds. The van der Waals surface area contributed by atoms with E-state index in [0.29, 0.717) is 25.8 Å². The summed E-state index contributed by atoms with van der Waals surface area (Å²) in [6.07, 6.45) is 5.04. The third-order valence-corrected chi connectivity index (χ3v) is 7.16. The van der Waals surface area contributed by atoms with Gasteiger partial charge < -0.3 is 15.5 Å². The summed E-state index contributed by atoms with van der Waals surface area (Å²) in [5, 5.41) is 5.07. The van der Waals surface area contributed by atoms with Gasteiger partial charge in [-0.15, -0.1) is 0 Å². The number of hydrogen-bond donors (Lipinski definition) is 3. The number of rotatable bonds is 9. The summed E-state index contributed by atoms with van der Waals surface area (Å²) < 4.78 is 0. The van der Waals surface area contributed by atoms with Crippen molar-refractivity contribution >= 4 is 30.4 Å². The summed E-state index contributed by atoms with van der Waals surface area (Å²) in [6.45, 7) is 4.38. The van der Waals surface area contributed by atoms with E-state index < -0.39 is 17.3 Å². The van der Waals surface area contributed by atoms with Crippen LogP contribution in [0.3, 0.4) is 0 Å². The van der Waals surface area contributed by atoms with Crippen molar-refractivity contribution in [2.45, 2.75) is 50.4 Å². The number of amides is 3. The van der Waals surface area contributed by atoms with Gasteiger partial charge in [0.05, 0.1) is 5.25 Å². The normalized spacial score (nSPS) is 19.5. The number of likely N-dealkylation sites (N-methyl/N-ethyl adjacent to an activating group) is 1. The fraction of sp³-hybridized carbons (Fsp3) is 0.462. The van der Waals surface area contributed by atoms with Gasteiger partial charge in [-0.3, -0.25) is 19.4 Å². The molecule has 1 aliphatic rings. The molecule has 182 valence electrons. The van der Waals surface area contributed by atoms with Gasteiger partial charge in [-0.05, 0) is 41.9 Å². The third kappa shape index (κ3) is 6.38. The highest BCUT2D eigenvalue weighted by atomic mass is 32.1. The van der Waals surface area contributed by atoms with Gasteiger partial charge in [0.25, 0.3) is 0 Å². The van der Waals surface area contributed by atoms with E-state index in [-0.39, 0.29) is 29.6 Å². The number of nitrogens with zero attached hydrogens (tertiary/aromatic N) is 2. The molecule has 2 aromatic rings. The highest BCUT2D eigenvalue weighted by Gasteiger charge is 2.44. The number of likely N-dealkylation sites (tertiary alicyclic amines) is 1. The van der Waals surface area contributed by atoms with Crippen molar-refractivity contribution in [3.8, 4) is 0 Å². The van der Waals surface area contributed by atoms with E-state index >= 15 is 0 Å². The highest BCUT2D eigenvalue weighted by molar-refractivity contribution is 7.81. The molecule has 0 unspecified atom stereocenters. The quantitative estimate of drug-likeness (QED) is 0.478. The number of aromatic nitrogens is 1. The first kappa shape index (κ1) is 25.7. The summed E-state index contributed by atoms with van der Waals surface area (Å²) in [5.74, 6) is -0.756. The Labute approximate surface area is 207 Å². The number of nitrogens with one attached hydrogen (secondary N) is 2. The fourth-order valence-electron chi connectivity index (χ4n) is 4.44. The molecule has 34 heavy (non-hydrogen) atoms. The molecular formula is C26H34N4O3S. The molecule has 8 heteroatoms. The van der Waals surface area contributed by atoms with Gasteiger partial charge in [0, 0.05) is 32.4 Å². The number of hydrogen-bond acceptors (Lipinski definition) is 5. The smallest absolute Gasteiger partial charge is 0.243 e. The Morgan fingerprint density at radius 3 is 2.44 bits per heavy atom. The molecule has 1 aromatic heterocycles. The second kappa shape index (κ2) is 12.0. The second-order valence-corrected chi connectivity index (χ2v) is 9.70. The predicted molar refractivity (Wildman–Crippen MR) is 135 cm³/mol. The van der Waals surface area contributed by atoms with Crippen LogP contribution in [0.5, 0.6) is 0 Å². The minimum absolute atomic E-state index is 0.0388. The minimum Gasteiger partial charge on any atom is -0.357 e. The Morgan fingerprint density at radius 1 is 1.12 bits per heavy atom. The molecule has 2 heterocycles. The Balaban J connectivity index is 1.85. The van der Waals surface area contributed by atoms with Crippen LogP contribution in [0.2, 0.25) is 0 Å². The Kier molecular flexibility index (Phi) is 9.10. The Hall–Kier alpha value is -2.87. The maximum Gasteiger partial charge on any atom is 0.243 e. The fourth-order valence-corrected chi connectivity index (χ4v) is 4.59. The van der Waals surface area contributed by atoms with Crippen molar-refractivity contribution in [1.82, 2.24) is 20.5 Å². The number of pyridine rings is 1. The van der Waals surface area contributed by atoms with E-state index in [4.69, 9.17) is 0 Å². The van der Waals surface area contributed by atoms with E-state index in [2.05, 4.69) is 28.2 Å². The number of carbonyl (C=O) groups is 3. The summed E-state index contributed by atoms with van der Waals surface area (Å²) >= 11 is 4.52. The van der Waals surface area contributed by atoms with Crippen molar-refractivity contribution in [3.05, 3.63) is 66.0 Å². The van der Waals surface area contributed by atoms with Crippen LogP contribution in [-0.4, -0.2) is 58.5 Å². The van der Waals surface area contributed by atoms with Gasteiger partial charge >= 0.3 is 0 Å². The average Bonchev–Trinajstić information content (AvgIpc) is 3.26. The van der Waals surface area contributed by atoms with E-state index in [1.165, 1.54) is 0 Å². The largest absolute Gasteiger partial charge is 0.357 e. The lowest BCUT2D eigenvalue weighted by molar-refractivity contribution is -0.140. The molecule has 0 radical (unpaired) electrons. The van der Waals surface area contributed by atoms with Crippen molar-refractivity contribution in [2.24, 2.45) is 11.8 Å². The first-order valence-electron chi connectivity index (χ1n) is 11.7. The van der Waals surface area contributed by atoms with E-state index in [1.54, 1.807) is 30.4 Å². The average molecular weight is 483 g/mol. The standard InChI is InChI=1S/C26H34N4O3S/c1-17(2)23(34)26(33)30-13-11-20(14-18-8-5-4-6-9-18)22(30)25(32)29-21(24(31)27-3)15-19-10-7-12-28-16-19/h4-10,12,16-17,20-23,34H,11,13-15H2,1-3H3,(H,27,31)(H,29,32)/t20-,21+,22+,23+/m1/s1. The molecule has 1 aliphatic heterocycles. The maximum absolute atomic E-state index is 13.6. The van der Waals surface area contributed by atoms with Gasteiger partial charge in [-0.25, -0.2) is 0 Å². The third-order valence-electron chi connectivity index (χ3n) is 6.34. The molecule has 2 N–H and O–H groups in total. The Morgan fingerprint density at radius 2 is 1.82 bits per heavy atom. The first-order valence-corrected chi connectivity index (χ1v) is 12.3. The van der Waals surface area contributed by atoms with E-state index in [9.17, 15) is 14.4 Å². The highest BCUT2D eigenvalue weighted by Crippen LogP contribution is 2.30. The van der Waals surface area contributed by atoms with E-state index in [0.717, 1.165) is 11.1 Å². The number of carbonyl (C=O) groups excluding carboxylic acids is 3. The first-order chi connectivity index (χ1) is 16.3. The maximum atomic E-state index is 13.6. The molecule has 0 aliphatic carbocycles. The van der Waals surface area contributed by atoms with Crippen molar-refractivity contribution in [3.63, 3.8) is 0 Å².